The Balaban J connectivity index is 2.11. The Morgan fingerprint density at radius 3 is 2.00 bits per heavy atom. The molecule has 0 heterocycles. The van der Waals surface area contributed by atoms with Crippen LogP contribution in [0.3, 0.4) is 0 Å². The Kier molecular flexibility index (Phi) is 4.42. The minimum atomic E-state index is -0.553. The molecule has 0 bridgehead atoms. The summed E-state index contributed by atoms with van der Waals surface area (Å²) in [5, 5.41) is 12.9. The maximum Gasteiger partial charge on any atom is 0.365 e. The molecule has 0 amide bonds. The first-order valence-corrected chi connectivity index (χ1v) is 5.81. The number of hydrogen-bond acceptors (Lipinski definition) is 4. The summed E-state index contributed by atoms with van der Waals surface area (Å²) in [6.45, 7) is -0.300. The first-order chi connectivity index (χ1) is 9.31. The van der Waals surface area contributed by atoms with Crippen LogP contribution in [-0.2, 0) is 4.84 Å². The fourth-order valence-corrected chi connectivity index (χ4v) is 1.53. The van der Waals surface area contributed by atoms with E-state index in [1.807, 2.05) is 24.3 Å². The van der Waals surface area contributed by atoms with Crippen LogP contribution in [0.15, 0.2) is 65.8 Å². The number of nitrogens with zero attached hydrogens (tertiary/aromatic N) is 1. The molecule has 4 nitrogen and oxygen atoms in total. The molecular weight excluding hydrogens is 242 g/mol. The quantitative estimate of drug-likeness (QED) is 0.518. The van der Waals surface area contributed by atoms with Gasteiger partial charge >= 0.3 is 5.97 Å². The van der Waals surface area contributed by atoms with Crippen LogP contribution >= 0.6 is 0 Å². The van der Waals surface area contributed by atoms with Crippen LogP contribution in [0.1, 0.15) is 15.9 Å². The molecule has 0 aromatic heterocycles. The lowest BCUT2D eigenvalue weighted by atomic mass is 10.1. The van der Waals surface area contributed by atoms with Gasteiger partial charge in [-0.15, -0.1) is 0 Å². The second-order valence-corrected chi connectivity index (χ2v) is 3.81. The summed E-state index contributed by atoms with van der Waals surface area (Å²) < 4.78 is 0. The van der Waals surface area contributed by atoms with Gasteiger partial charge < -0.3 is 9.94 Å². The van der Waals surface area contributed by atoms with Crippen LogP contribution in [-0.4, -0.2) is 23.4 Å². The van der Waals surface area contributed by atoms with Crippen LogP contribution in [0.4, 0.5) is 0 Å². The van der Waals surface area contributed by atoms with Gasteiger partial charge in [-0.3, -0.25) is 0 Å². The van der Waals surface area contributed by atoms with Gasteiger partial charge in [0.2, 0.25) is 0 Å². The number of rotatable bonds is 4. The summed E-state index contributed by atoms with van der Waals surface area (Å²) in [6, 6.07) is 17.6. The van der Waals surface area contributed by atoms with Crippen LogP contribution in [0.5, 0.6) is 0 Å². The van der Waals surface area contributed by atoms with Crippen molar-refractivity contribution < 1.29 is 14.7 Å². The van der Waals surface area contributed by atoms with E-state index in [2.05, 4.69) is 5.16 Å². The summed E-state index contributed by atoms with van der Waals surface area (Å²) in [5.74, 6) is -0.553. The molecule has 4 heteroatoms. The van der Waals surface area contributed by atoms with Gasteiger partial charge in [-0.05, 0) is 12.1 Å². The molecular formula is C15H13NO3. The second kappa shape index (κ2) is 6.47. The maximum absolute atomic E-state index is 11.7. The lowest BCUT2D eigenvalue weighted by molar-refractivity contribution is 0.0514. The molecule has 96 valence electrons. The summed E-state index contributed by atoms with van der Waals surface area (Å²) >= 11 is 0. The van der Waals surface area contributed by atoms with Crippen molar-refractivity contribution in [3.63, 3.8) is 0 Å². The predicted octanol–water partition coefficient (Wildman–Crippen LogP) is 2.24. The van der Waals surface area contributed by atoms with Crippen molar-refractivity contribution in [3.8, 4) is 0 Å². The van der Waals surface area contributed by atoms with E-state index in [9.17, 15) is 9.90 Å². The van der Waals surface area contributed by atoms with Crippen LogP contribution < -0.4 is 0 Å². The summed E-state index contributed by atoms with van der Waals surface area (Å²) in [5.41, 5.74) is 1.44. The fourth-order valence-electron chi connectivity index (χ4n) is 1.53. The number of carbonyl (C=O) groups excluding carboxylic acids is 1. The molecule has 0 spiro atoms. The van der Waals surface area contributed by atoms with Crippen molar-refractivity contribution >= 4 is 11.7 Å². The Morgan fingerprint density at radius 1 is 0.947 bits per heavy atom. The van der Waals surface area contributed by atoms with Crippen molar-refractivity contribution in [2.45, 2.75) is 0 Å². The van der Waals surface area contributed by atoms with Crippen LogP contribution in [0.2, 0.25) is 0 Å². The van der Waals surface area contributed by atoms with Crippen LogP contribution in [0.25, 0.3) is 0 Å². The number of benzene rings is 2. The zero-order valence-electron chi connectivity index (χ0n) is 10.2. The molecule has 0 atom stereocenters. The van der Waals surface area contributed by atoms with Gasteiger partial charge in [0, 0.05) is 5.56 Å². The van der Waals surface area contributed by atoms with Crippen molar-refractivity contribution in [1.29, 1.82) is 0 Å². The highest BCUT2D eigenvalue weighted by Crippen LogP contribution is 2.04. The van der Waals surface area contributed by atoms with E-state index in [4.69, 9.17) is 4.84 Å². The smallest absolute Gasteiger partial charge is 0.365 e. The summed E-state index contributed by atoms with van der Waals surface area (Å²) in [6.07, 6.45) is 0. The van der Waals surface area contributed by atoms with Gasteiger partial charge in [0.05, 0.1) is 12.2 Å². The highest BCUT2D eigenvalue weighted by atomic mass is 16.7. The Hall–Kier alpha value is -2.46. The van der Waals surface area contributed by atoms with Crippen molar-refractivity contribution in [2.24, 2.45) is 5.16 Å². The lowest BCUT2D eigenvalue weighted by Crippen LogP contribution is -2.09. The Labute approximate surface area is 111 Å². The van der Waals surface area contributed by atoms with E-state index in [0.29, 0.717) is 16.8 Å². The molecule has 1 N–H and O–H groups in total. The minimum Gasteiger partial charge on any atom is -0.390 e. The van der Waals surface area contributed by atoms with E-state index in [0.717, 1.165) is 0 Å². The summed E-state index contributed by atoms with van der Waals surface area (Å²) in [7, 11) is 0. The fraction of sp³-hybridized carbons (Fsp3) is 0.0667. The lowest BCUT2D eigenvalue weighted by Gasteiger charge is -2.03. The number of hydrogen-bond donors (Lipinski definition) is 1. The van der Waals surface area contributed by atoms with Gasteiger partial charge in [0.1, 0.15) is 5.71 Å². The van der Waals surface area contributed by atoms with Gasteiger partial charge in [-0.1, -0.05) is 53.7 Å². The normalized spacial score (nSPS) is 11.1. The van der Waals surface area contributed by atoms with E-state index in [-0.39, 0.29) is 6.61 Å². The van der Waals surface area contributed by atoms with E-state index < -0.39 is 5.97 Å². The average Bonchev–Trinajstić information content (AvgIpc) is 2.49. The predicted molar refractivity (Wildman–Crippen MR) is 71.9 cm³/mol. The number of carbonyl (C=O) groups is 1. The standard InChI is InChI=1S/C15H13NO3/c17-11-14(12-7-3-1-4-8-12)16-19-15(18)13-9-5-2-6-10-13/h1-10,17H,11H2/b16-14-. The number of aliphatic hydroxyl groups is 1. The van der Waals surface area contributed by atoms with E-state index in [1.165, 1.54) is 0 Å². The molecule has 2 aromatic carbocycles. The molecule has 0 saturated carbocycles. The van der Waals surface area contributed by atoms with Crippen LogP contribution in [0, 0.1) is 0 Å². The third-order valence-corrected chi connectivity index (χ3v) is 2.51. The summed E-state index contributed by atoms with van der Waals surface area (Å²) in [4.78, 5) is 16.5. The first kappa shape index (κ1) is 13.0. The van der Waals surface area contributed by atoms with Gasteiger partial charge in [0.15, 0.2) is 0 Å². The average molecular weight is 255 g/mol. The third kappa shape index (κ3) is 3.50. The third-order valence-electron chi connectivity index (χ3n) is 2.51. The largest absolute Gasteiger partial charge is 0.390 e. The molecule has 0 fully saturated rings. The molecule has 0 aliphatic rings. The number of oxime groups is 1. The van der Waals surface area contributed by atoms with Crippen molar-refractivity contribution in [1.82, 2.24) is 0 Å². The monoisotopic (exact) mass is 255 g/mol. The molecule has 2 rings (SSSR count). The second-order valence-electron chi connectivity index (χ2n) is 3.81. The highest BCUT2D eigenvalue weighted by molar-refractivity contribution is 6.01. The van der Waals surface area contributed by atoms with E-state index in [1.54, 1.807) is 36.4 Å². The topological polar surface area (TPSA) is 58.9 Å². The number of aliphatic hydroxyl groups excluding tert-OH is 1. The molecule has 0 radical (unpaired) electrons. The minimum absolute atomic E-state index is 0.300. The Bertz CT molecular complexity index is 564. The maximum atomic E-state index is 11.7. The molecule has 0 saturated heterocycles. The molecule has 0 unspecified atom stereocenters. The Morgan fingerprint density at radius 2 is 1.47 bits per heavy atom. The highest BCUT2D eigenvalue weighted by Gasteiger charge is 2.08. The molecule has 2 aromatic rings. The molecule has 0 aliphatic carbocycles. The zero-order chi connectivity index (χ0) is 13.5. The SMILES string of the molecule is O=C(O/N=C(/CO)c1ccccc1)c1ccccc1. The zero-order valence-corrected chi connectivity index (χ0v) is 10.2. The van der Waals surface area contributed by atoms with Gasteiger partial charge in [-0.25, -0.2) is 4.79 Å². The molecule has 0 aliphatic heterocycles. The van der Waals surface area contributed by atoms with Crippen molar-refractivity contribution in [2.75, 3.05) is 6.61 Å². The van der Waals surface area contributed by atoms with Gasteiger partial charge in [0.25, 0.3) is 0 Å². The van der Waals surface area contributed by atoms with Crippen molar-refractivity contribution in [3.05, 3.63) is 71.8 Å². The van der Waals surface area contributed by atoms with Gasteiger partial charge in [-0.2, -0.15) is 0 Å². The van der Waals surface area contributed by atoms with E-state index >= 15 is 0 Å². The molecule has 19 heavy (non-hydrogen) atoms. The first-order valence-electron chi connectivity index (χ1n) is 5.81.